The number of fused-ring (bicyclic) bond motifs is 1. The Balaban J connectivity index is 1.77. The smallest absolute Gasteiger partial charge is 0.244 e. The number of halogens is 1. The first kappa shape index (κ1) is 19.9. The quantitative estimate of drug-likeness (QED) is 0.618. The number of amides is 2. The predicted octanol–water partition coefficient (Wildman–Crippen LogP) is 2.97. The lowest BCUT2D eigenvalue weighted by molar-refractivity contribution is -0.136. The molecule has 0 aliphatic rings. The van der Waals surface area contributed by atoms with Gasteiger partial charge in [-0.3, -0.25) is 9.59 Å². The Kier molecular flexibility index (Phi) is 5.99. The van der Waals surface area contributed by atoms with E-state index in [-0.39, 0.29) is 11.7 Å². The van der Waals surface area contributed by atoms with Crippen LogP contribution in [0.15, 0.2) is 53.7 Å². The van der Waals surface area contributed by atoms with Crippen molar-refractivity contribution < 1.29 is 14.0 Å². The van der Waals surface area contributed by atoms with Gasteiger partial charge in [0.1, 0.15) is 11.9 Å². The number of imidazole rings is 1. The number of nitrogens with two attached hydrogens (primary N) is 1. The van der Waals surface area contributed by atoms with Gasteiger partial charge in [-0.05, 0) is 36.8 Å². The molecule has 28 heavy (non-hydrogen) atoms. The fourth-order valence-corrected chi connectivity index (χ4v) is 4.10. The largest absolute Gasteiger partial charge is 0.368 e. The summed E-state index contributed by atoms with van der Waals surface area (Å²) in [5.74, 6) is -1.42. The predicted molar refractivity (Wildman–Crippen MR) is 107 cm³/mol. The van der Waals surface area contributed by atoms with Gasteiger partial charge >= 0.3 is 0 Å². The number of carbonyl (C=O) groups excluding carboxylic acids is 2. The van der Waals surface area contributed by atoms with E-state index in [1.165, 1.54) is 41.9 Å². The molecule has 0 spiro atoms. The molecule has 0 aliphatic heterocycles. The van der Waals surface area contributed by atoms with Gasteiger partial charge in [-0.1, -0.05) is 36.0 Å². The van der Waals surface area contributed by atoms with E-state index in [0.717, 1.165) is 22.7 Å². The normalized spacial score (nSPS) is 12.1. The highest BCUT2D eigenvalue weighted by Gasteiger charge is 2.27. The van der Waals surface area contributed by atoms with E-state index in [2.05, 4.69) is 4.98 Å². The zero-order valence-electron chi connectivity index (χ0n) is 15.6. The Hall–Kier alpha value is -2.87. The summed E-state index contributed by atoms with van der Waals surface area (Å²) in [5.41, 5.74) is 7.69. The average Bonchev–Trinajstić information content (AvgIpc) is 3.03. The molecule has 2 aromatic carbocycles. The summed E-state index contributed by atoms with van der Waals surface area (Å²) in [4.78, 5) is 30.5. The molecular formula is C20H21FN4O2S. The van der Waals surface area contributed by atoms with Gasteiger partial charge < -0.3 is 15.2 Å². The number of likely N-dealkylation sites (N-methyl/N-ethyl adjacent to an activating group) is 1. The molecule has 3 rings (SSSR count). The maximum absolute atomic E-state index is 13.5. The zero-order valence-corrected chi connectivity index (χ0v) is 16.4. The number of hydrogen-bond donors (Lipinski definition) is 1. The van der Waals surface area contributed by atoms with Gasteiger partial charge in [-0.25, -0.2) is 9.37 Å². The molecule has 146 valence electrons. The molecule has 0 aliphatic carbocycles. The Morgan fingerprint density at radius 2 is 2.00 bits per heavy atom. The van der Waals surface area contributed by atoms with Crippen LogP contribution in [-0.4, -0.2) is 39.1 Å². The van der Waals surface area contributed by atoms with Gasteiger partial charge in [-0.2, -0.15) is 0 Å². The third kappa shape index (κ3) is 4.01. The molecule has 2 amide bonds. The Bertz CT molecular complexity index is 1020. The number of primary amides is 1. The van der Waals surface area contributed by atoms with Crippen molar-refractivity contribution in [2.75, 3.05) is 12.8 Å². The van der Waals surface area contributed by atoms with Gasteiger partial charge in [0, 0.05) is 13.6 Å². The van der Waals surface area contributed by atoms with Crippen molar-refractivity contribution in [2.45, 2.75) is 24.7 Å². The van der Waals surface area contributed by atoms with Crippen LogP contribution >= 0.6 is 11.8 Å². The topological polar surface area (TPSA) is 81.2 Å². The number of rotatable bonds is 7. The lowest BCUT2D eigenvalue weighted by Crippen LogP contribution is -2.40. The van der Waals surface area contributed by atoms with E-state index in [4.69, 9.17) is 5.73 Å². The number of carbonyl (C=O) groups is 2. The SMILES string of the molecule is CCn1c(SCC(=O)N(C)C(C(N)=O)c2cccc(F)c2)nc2ccccc21. The summed E-state index contributed by atoms with van der Waals surface area (Å²) in [6.07, 6.45) is 0. The summed E-state index contributed by atoms with van der Waals surface area (Å²) in [6, 6.07) is 12.3. The van der Waals surface area contributed by atoms with Crippen LogP contribution < -0.4 is 5.73 Å². The van der Waals surface area contributed by atoms with Crippen LogP contribution in [0.3, 0.4) is 0 Å². The van der Waals surface area contributed by atoms with Crippen LogP contribution in [0, 0.1) is 5.82 Å². The molecule has 0 saturated carbocycles. The minimum absolute atomic E-state index is 0.0823. The number of thioether (sulfide) groups is 1. The van der Waals surface area contributed by atoms with Crippen LogP contribution in [0.4, 0.5) is 4.39 Å². The van der Waals surface area contributed by atoms with Crippen LogP contribution in [0.5, 0.6) is 0 Å². The highest BCUT2D eigenvalue weighted by Crippen LogP contribution is 2.26. The molecule has 1 heterocycles. The van der Waals surface area contributed by atoms with Gasteiger partial charge in [0.25, 0.3) is 0 Å². The van der Waals surface area contributed by atoms with E-state index < -0.39 is 17.8 Å². The highest BCUT2D eigenvalue weighted by atomic mass is 32.2. The Morgan fingerprint density at radius 1 is 1.25 bits per heavy atom. The van der Waals surface area contributed by atoms with Gasteiger partial charge in [0.15, 0.2) is 5.16 Å². The summed E-state index contributed by atoms with van der Waals surface area (Å²) in [7, 11) is 1.49. The lowest BCUT2D eigenvalue weighted by atomic mass is 10.0. The van der Waals surface area contributed by atoms with Crippen molar-refractivity contribution in [3.8, 4) is 0 Å². The van der Waals surface area contributed by atoms with Crippen molar-refractivity contribution in [3.05, 3.63) is 59.9 Å². The molecular weight excluding hydrogens is 379 g/mol. The molecule has 3 aromatic rings. The third-order valence-corrected chi connectivity index (χ3v) is 5.44. The molecule has 2 N–H and O–H groups in total. The van der Waals surface area contributed by atoms with E-state index >= 15 is 0 Å². The second kappa shape index (κ2) is 8.43. The van der Waals surface area contributed by atoms with E-state index in [1.54, 1.807) is 6.07 Å². The first-order valence-electron chi connectivity index (χ1n) is 8.81. The van der Waals surface area contributed by atoms with Crippen molar-refractivity contribution in [1.29, 1.82) is 0 Å². The first-order valence-corrected chi connectivity index (χ1v) is 9.79. The van der Waals surface area contributed by atoms with E-state index in [1.807, 2.05) is 35.8 Å². The minimum Gasteiger partial charge on any atom is -0.368 e. The highest BCUT2D eigenvalue weighted by molar-refractivity contribution is 7.99. The molecule has 6 nitrogen and oxygen atoms in total. The van der Waals surface area contributed by atoms with Crippen molar-refractivity contribution >= 4 is 34.6 Å². The standard InChI is InChI=1S/C20H21FN4O2S/c1-3-25-16-10-5-4-9-15(16)23-20(25)28-12-17(26)24(2)18(19(22)27)13-7-6-8-14(21)11-13/h4-11,18H,3,12H2,1-2H3,(H2,22,27). The summed E-state index contributed by atoms with van der Waals surface area (Å²) in [6.45, 7) is 2.74. The molecule has 1 aromatic heterocycles. The zero-order chi connectivity index (χ0) is 20.3. The second-order valence-corrected chi connectivity index (χ2v) is 7.22. The monoisotopic (exact) mass is 400 g/mol. The minimum atomic E-state index is -1.03. The van der Waals surface area contributed by atoms with Crippen molar-refractivity contribution in [1.82, 2.24) is 14.5 Å². The van der Waals surface area contributed by atoms with E-state index in [9.17, 15) is 14.0 Å². The number of nitrogens with zero attached hydrogens (tertiary/aromatic N) is 3. The van der Waals surface area contributed by atoms with Gasteiger partial charge in [0.2, 0.25) is 11.8 Å². The van der Waals surface area contributed by atoms with Crippen molar-refractivity contribution in [2.24, 2.45) is 5.73 Å². The van der Waals surface area contributed by atoms with E-state index in [0.29, 0.717) is 5.56 Å². The van der Waals surface area contributed by atoms with Crippen LogP contribution in [0.1, 0.15) is 18.5 Å². The summed E-state index contributed by atoms with van der Waals surface area (Å²) >= 11 is 1.30. The maximum atomic E-state index is 13.5. The van der Waals surface area contributed by atoms with Gasteiger partial charge in [-0.15, -0.1) is 0 Å². The van der Waals surface area contributed by atoms with Gasteiger partial charge in [0.05, 0.1) is 16.8 Å². The Morgan fingerprint density at radius 3 is 2.68 bits per heavy atom. The third-order valence-electron chi connectivity index (χ3n) is 4.48. The molecule has 0 bridgehead atoms. The van der Waals surface area contributed by atoms with Crippen molar-refractivity contribution in [3.63, 3.8) is 0 Å². The molecule has 1 unspecified atom stereocenters. The second-order valence-electron chi connectivity index (χ2n) is 6.28. The van der Waals surface area contributed by atoms with Crippen LogP contribution in [-0.2, 0) is 16.1 Å². The fraction of sp³-hybridized carbons (Fsp3) is 0.250. The molecule has 1 atom stereocenters. The number of hydrogen-bond acceptors (Lipinski definition) is 4. The van der Waals surface area contributed by atoms with Crippen LogP contribution in [0.25, 0.3) is 11.0 Å². The number of aryl methyl sites for hydroxylation is 1. The summed E-state index contributed by atoms with van der Waals surface area (Å²) < 4.78 is 15.6. The molecule has 0 fully saturated rings. The Labute approximate surface area is 166 Å². The molecule has 0 saturated heterocycles. The molecule has 0 radical (unpaired) electrons. The number of benzene rings is 2. The molecule has 8 heteroatoms. The van der Waals surface area contributed by atoms with Crippen LogP contribution in [0.2, 0.25) is 0 Å². The number of aromatic nitrogens is 2. The average molecular weight is 400 g/mol. The maximum Gasteiger partial charge on any atom is 0.244 e. The first-order chi connectivity index (χ1) is 13.4. The lowest BCUT2D eigenvalue weighted by Gasteiger charge is -2.26. The fourth-order valence-electron chi connectivity index (χ4n) is 3.10. The number of para-hydroxylation sites is 2. The summed E-state index contributed by atoms with van der Waals surface area (Å²) in [5, 5.41) is 0.729.